The SMILES string of the molecule is C.Cc1ccc(C)c(C(C)Cc2c(C)cc(CCC(=O)O)cc2C)c1. The molecule has 1 atom stereocenters. The highest BCUT2D eigenvalue weighted by molar-refractivity contribution is 5.67. The van der Waals surface area contributed by atoms with Gasteiger partial charge in [0.25, 0.3) is 0 Å². The Labute approximate surface area is 152 Å². The molecule has 0 aliphatic carbocycles. The molecular formula is C23H32O2. The van der Waals surface area contributed by atoms with Crippen LogP contribution in [0.5, 0.6) is 0 Å². The Kier molecular flexibility index (Phi) is 7.41. The van der Waals surface area contributed by atoms with Gasteiger partial charge in [0.05, 0.1) is 0 Å². The van der Waals surface area contributed by atoms with E-state index in [-0.39, 0.29) is 13.8 Å². The first-order chi connectivity index (χ1) is 11.3. The summed E-state index contributed by atoms with van der Waals surface area (Å²) in [5.74, 6) is -0.273. The van der Waals surface area contributed by atoms with E-state index >= 15 is 0 Å². The fraction of sp³-hybridized carbons (Fsp3) is 0.435. The predicted octanol–water partition coefficient (Wildman–Crippen LogP) is 5.92. The molecule has 0 saturated carbocycles. The van der Waals surface area contributed by atoms with Gasteiger partial charge in [0.15, 0.2) is 0 Å². The third-order valence-electron chi connectivity index (χ3n) is 4.86. The molecule has 0 heterocycles. The van der Waals surface area contributed by atoms with Crippen molar-refractivity contribution in [3.05, 3.63) is 69.3 Å². The molecule has 0 aromatic heterocycles. The number of carbonyl (C=O) groups is 1. The van der Waals surface area contributed by atoms with Crippen LogP contribution >= 0.6 is 0 Å². The predicted molar refractivity (Wildman–Crippen MR) is 107 cm³/mol. The quantitative estimate of drug-likeness (QED) is 0.708. The molecule has 25 heavy (non-hydrogen) atoms. The van der Waals surface area contributed by atoms with Crippen molar-refractivity contribution >= 4 is 5.97 Å². The first kappa shape index (κ1) is 21.0. The van der Waals surface area contributed by atoms with Gasteiger partial charge < -0.3 is 5.11 Å². The Hall–Kier alpha value is -2.09. The van der Waals surface area contributed by atoms with Gasteiger partial charge in [-0.3, -0.25) is 4.79 Å². The van der Waals surface area contributed by atoms with E-state index in [1.165, 1.54) is 33.4 Å². The molecule has 0 aliphatic heterocycles. The minimum Gasteiger partial charge on any atom is -0.481 e. The molecular weight excluding hydrogens is 308 g/mol. The van der Waals surface area contributed by atoms with E-state index in [2.05, 4.69) is 65.0 Å². The van der Waals surface area contributed by atoms with E-state index in [0.717, 1.165) is 12.0 Å². The van der Waals surface area contributed by atoms with E-state index < -0.39 is 5.97 Å². The van der Waals surface area contributed by atoms with Crippen molar-refractivity contribution in [2.75, 3.05) is 0 Å². The van der Waals surface area contributed by atoms with E-state index in [1.54, 1.807) is 0 Å². The zero-order chi connectivity index (χ0) is 17.9. The summed E-state index contributed by atoms with van der Waals surface area (Å²) in [6.45, 7) is 10.9. The van der Waals surface area contributed by atoms with Gasteiger partial charge in [-0.2, -0.15) is 0 Å². The van der Waals surface area contributed by atoms with E-state index in [4.69, 9.17) is 5.11 Å². The third-order valence-corrected chi connectivity index (χ3v) is 4.86. The fourth-order valence-corrected chi connectivity index (χ4v) is 3.51. The van der Waals surface area contributed by atoms with Crippen molar-refractivity contribution < 1.29 is 9.90 Å². The number of carboxylic acid groups (broad SMARTS) is 1. The van der Waals surface area contributed by atoms with E-state index in [0.29, 0.717) is 12.3 Å². The Morgan fingerprint density at radius 2 is 1.60 bits per heavy atom. The maximum Gasteiger partial charge on any atom is 0.303 e. The molecule has 2 aromatic carbocycles. The molecule has 0 amide bonds. The Balaban J connectivity index is 0.00000312. The molecule has 2 aromatic rings. The number of aryl methyl sites for hydroxylation is 5. The molecule has 136 valence electrons. The van der Waals surface area contributed by atoms with Crippen LogP contribution in [0.25, 0.3) is 0 Å². The van der Waals surface area contributed by atoms with Crippen LogP contribution in [0.4, 0.5) is 0 Å². The first-order valence-corrected chi connectivity index (χ1v) is 8.66. The second-order valence-electron chi connectivity index (χ2n) is 7.07. The van der Waals surface area contributed by atoms with Crippen molar-refractivity contribution in [3.63, 3.8) is 0 Å². The summed E-state index contributed by atoms with van der Waals surface area (Å²) in [6.07, 6.45) is 1.81. The number of rotatable bonds is 6. The second-order valence-corrected chi connectivity index (χ2v) is 7.07. The molecule has 2 rings (SSSR count). The normalized spacial score (nSPS) is 11.7. The van der Waals surface area contributed by atoms with Crippen LogP contribution in [-0.2, 0) is 17.6 Å². The van der Waals surface area contributed by atoms with Gasteiger partial charge >= 0.3 is 5.97 Å². The molecule has 0 aliphatic rings. The smallest absolute Gasteiger partial charge is 0.303 e. The molecule has 0 fully saturated rings. The lowest BCUT2D eigenvalue weighted by Crippen LogP contribution is -2.06. The minimum atomic E-state index is -0.738. The number of hydrogen-bond donors (Lipinski definition) is 1. The lowest BCUT2D eigenvalue weighted by Gasteiger charge is -2.19. The van der Waals surface area contributed by atoms with Crippen LogP contribution in [0, 0.1) is 27.7 Å². The number of benzene rings is 2. The van der Waals surface area contributed by atoms with Crippen LogP contribution in [-0.4, -0.2) is 11.1 Å². The van der Waals surface area contributed by atoms with Crippen LogP contribution in [0.15, 0.2) is 30.3 Å². The topological polar surface area (TPSA) is 37.3 Å². The van der Waals surface area contributed by atoms with E-state index in [1.807, 2.05) is 0 Å². The van der Waals surface area contributed by atoms with Crippen molar-refractivity contribution in [2.24, 2.45) is 0 Å². The highest BCUT2D eigenvalue weighted by Gasteiger charge is 2.14. The van der Waals surface area contributed by atoms with Gasteiger partial charge in [-0.15, -0.1) is 0 Å². The zero-order valence-corrected chi connectivity index (χ0v) is 15.4. The monoisotopic (exact) mass is 340 g/mol. The van der Waals surface area contributed by atoms with Crippen LogP contribution < -0.4 is 0 Å². The molecule has 0 saturated heterocycles. The van der Waals surface area contributed by atoms with Crippen LogP contribution in [0.2, 0.25) is 0 Å². The molecule has 1 N–H and O–H groups in total. The average molecular weight is 341 g/mol. The van der Waals surface area contributed by atoms with Gasteiger partial charge in [0.1, 0.15) is 0 Å². The Morgan fingerprint density at radius 3 is 2.16 bits per heavy atom. The van der Waals surface area contributed by atoms with Crippen molar-refractivity contribution in [1.82, 2.24) is 0 Å². The lowest BCUT2D eigenvalue weighted by atomic mass is 9.86. The van der Waals surface area contributed by atoms with Crippen LogP contribution in [0.1, 0.15) is 65.6 Å². The maximum absolute atomic E-state index is 10.8. The standard InChI is InChI=1S/C22H28O2.CH4/c1-14-6-7-15(2)20(10-14)18(5)13-21-16(3)11-19(12-17(21)4)8-9-22(23)24;/h6-7,10-12,18H,8-9,13H2,1-5H3,(H,23,24);1H4. The number of aliphatic carboxylic acids is 1. The van der Waals surface area contributed by atoms with Crippen molar-refractivity contribution in [1.29, 1.82) is 0 Å². The van der Waals surface area contributed by atoms with Crippen LogP contribution in [0.3, 0.4) is 0 Å². The van der Waals surface area contributed by atoms with Gasteiger partial charge in [-0.05, 0) is 79.8 Å². The Bertz CT molecular complexity index is 721. The lowest BCUT2D eigenvalue weighted by molar-refractivity contribution is -0.136. The third kappa shape index (κ3) is 5.45. The zero-order valence-electron chi connectivity index (χ0n) is 15.4. The molecule has 0 spiro atoms. The van der Waals surface area contributed by atoms with Gasteiger partial charge in [0.2, 0.25) is 0 Å². The highest BCUT2D eigenvalue weighted by atomic mass is 16.4. The van der Waals surface area contributed by atoms with Crippen molar-refractivity contribution in [3.8, 4) is 0 Å². The summed E-state index contributed by atoms with van der Waals surface area (Å²) >= 11 is 0. The van der Waals surface area contributed by atoms with Crippen molar-refractivity contribution in [2.45, 2.75) is 67.2 Å². The van der Waals surface area contributed by atoms with Gasteiger partial charge in [0, 0.05) is 6.42 Å². The summed E-state index contributed by atoms with van der Waals surface area (Å²) in [7, 11) is 0. The Morgan fingerprint density at radius 1 is 1.00 bits per heavy atom. The summed E-state index contributed by atoms with van der Waals surface area (Å²) in [5, 5.41) is 8.86. The largest absolute Gasteiger partial charge is 0.481 e. The van der Waals surface area contributed by atoms with Gasteiger partial charge in [-0.25, -0.2) is 0 Å². The maximum atomic E-state index is 10.8. The molecule has 0 bridgehead atoms. The number of hydrogen-bond acceptors (Lipinski definition) is 1. The fourth-order valence-electron chi connectivity index (χ4n) is 3.51. The summed E-state index contributed by atoms with van der Waals surface area (Å²) in [5.41, 5.74) is 9.13. The molecule has 2 nitrogen and oxygen atoms in total. The summed E-state index contributed by atoms with van der Waals surface area (Å²) in [4.78, 5) is 10.8. The van der Waals surface area contributed by atoms with E-state index in [9.17, 15) is 4.79 Å². The van der Waals surface area contributed by atoms with Gasteiger partial charge in [-0.1, -0.05) is 50.2 Å². The molecule has 0 radical (unpaired) electrons. The minimum absolute atomic E-state index is 0. The molecule has 2 heteroatoms. The summed E-state index contributed by atoms with van der Waals surface area (Å²) in [6, 6.07) is 11.0. The first-order valence-electron chi connectivity index (χ1n) is 8.66. The number of carboxylic acids is 1. The second kappa shape index (κ2) is 8.84. The summed E-state index contributed by atoms with van der Waals surface area (Å²) < 4.78 is 0. The molecule has 1 unspecified atom stereocenters. The highest BCUT2D eigenvalue weighted by Crippen LogP contribution is 2.28. The average Bonchev–Trinajstić information content (AvgIpc) is 2.51.